The molecule has 0 heterocycles. The van der Waals surface area contributed by atoms with Crippen LogP contribution in [0.2, 0.25) is 0 Å². The lowest BCUT2D eigenvalue weighted by Crippen LogP contribution is -2.47. The maximum Gasteiger partial charge on any atom is 0.0993 e. The summed E-state index contributed by atoms with van der Waals surface area (Å²) in [4.78, 5) is 0. The predicted octanol–water partition coefficient (Wildman–Crippen LogP) is 3.70. The zero-order chi connectivity index (χ0) is 14.4. The van der Waals surface area contributed by atoms with Crippen molar-refractivity contribution in [3.05, 3.63) is 35.9 Å². The number of fused-ring (bicyclic) bond motifs is 2. The van der Waals surface area contributed by atoms with Crippen molar-refractivity contribution in [1.29, 1.82) is 0 Å². The summed E-state index contributed by atoms with van der Waals surface area (Å²) >= 11 is 0. The number of hydrogen-bond acceptors (Lipinski definition) is 2. The molecule has 0 spiro atoms. The van der Waals surface area contributed by atoms with E-state index < -0.39 is 0 Å². The highest BCUT2D eigenvalue weighted by Crippen LogP contribution is 2.73. The largest absolute Gasteiger partial charge is 0.368 e. The Morgan fingerprint density at radius 2 is 1.90 bits per heavy atom. The number of benzene rings is 1. The fourth-order valence-electron chi connectivity index (χ4n) is 4.93. The summed E-state index contributed by atoms with van der Waals surface area (Å²) in [6.07, 6.45) is 3.73. The van der Waals surface area contributed by atoms with Gasteiger partial charge in [0, 0.05) is 12.0 Å². The molecule has 0 aromatic heterocycles. The summed E-state index contributed by atoms with van der Waals surface area (Å²) in [5, 5.41) is 0. The molecule has 0 saturated heterocycles. The minimum Gasteiger partial charge on any atom is -0.368 e. The van der Waals surface area contributed by atoms with Crippen LogP contribution in [-0.2, 0) is 10.3 Å². The van der Waals surface area contributed by atoms with Crippen LogP contribution in [0.5, 0.6) is 0 Å². The van der Waals surface area contributed by atoms with Gasteiger partial charge in [-0.3, -0.25) is 0 Å². The van der Waals surface area contributed by atoms with Gasteiger partial charge in [-0.15, -0.1) is 0 Å². The van der Waals surface area contributed by atoms with Crippen LogP contribution < -0.4 is 5.73 Å². The smallest absolute Gasteiger partial charge is 0.0993 e. The van der Waals surface area contributed by atoms with E-state index in [1.807, 2.05) is 0 Å². The van der Waals surface area contributed by atoms with E-state index in [-0.39, 0.29) is 11.0 Å². The molecular weight excluding hydrogens is 246 g/mol. The van der Waals surface area contributed by atoms with Gasteiger partial charge in [0.2, 0.25) is 0 Å². The minimum atomic E-state index is -0.153. The van der Waals surface area contributed by atoms with Gasteiger partial charge in [0.05, 0.1) is 12.2 Å². The quantitative estimate of drug-likeness (QED) is 0.907. The van der Waals surface area contributed by atoms with Gasteiger partial charge in [0.25, 0.3) is 0 Å². The van der Waals surface area contributed by atoms with Crippen molar-refractivity contribution >= 4 is 0 Å². The van der Waals surface area contributed by atoms with Crippen LogP contribution in [0.4, 0.5) is 0 Å². The number of ether oxygens (including phenoxy) is 1. The monoisotopic (exact) mass is 273 g/mol. The molecule has 3 rings (SSSR count). The maximum absolute atomic E-state index is 6.47. The predicted molar refractivity (Wildman–Crippen MR) is 82.4 cm³/mol. The molecule has 0 amide bonds. The van der Waals surface area contributed by atoms with Crippen molar-refractivity contribution in [1.82, 2.24) is 0 Å². The molecule has 2 aliphatic rings. The number of hydrogen-bond donors (Lipinski definition) is 1. The minimum absolute atomic E-state index is 0.153. The second-order valence-corrected chi connectivity index (χ2v) is 7.32. The van der Waals surface area contributed by atoms with Crippen molar-refractivity contribution in [2.45, 2.75) is 45.6 Å². The van der Waals surface area contributed by atoms with E-state index in [1.165, 1.54) is 18.4 Å². The highest BCUT2D eigenvalue weighted by Gasteiger charge is 2.69. The second-order valence-electron chi connectivity index (χ2n) is 7.32. The lowest BCUT2D eigenvalue weighted by atomic mass is 9.62. The molecule has 2 bridgehead atoms. The first-order chi connectivity index (χ1) is 9.48. The fourth-order valence-corrected chi connectivity index (χ4v) is 4.93. The average Bonchev–Trinajstić information content (AvgIpc) is 2.78. The third kappa shape index (κ3) is 1.58. The lowest BCUT2D eigenvalue weighted by Gasteiger charge is -2.49. The van der Waals surface area contributed by atoms with E-state index in [2.05, 4.69) is 51.1 Å². The van der Waals surface area contributed by atoms with Crippen molar-refractivity contribution in [3.63, 3.8) is 0 Å². The molecule has 2 heteroatoms. The van der Waals surface area contributed by atoms with Gasteiger partial charge in [-0.25, -0.2) is 0 Å². The SMILES string of the molecule is CC1(C)[C@@H]2CC[C@@]1(C)[C@@](OCCN)(c1ccccc1)C2. The number of nitrogens with two attached hydrogens (primary N) is 1. The average molecular weight is 273 g/mol. The van der Waals surface area contributed by atoms with Crippen molar-refractivity contribution in [2.75, 3.05) is 13.2 Å². The Hall–Kier alpha value is -0.860. The summed E-state index contributed by atoms with van der Waals surface area (Å²) in [6.45, 7) is 8.54. The Kier molecular flexibility index (Phi) is 3.22. The molecule has 0 aliphatic heterocycles. The highest BCUT2D eigenvalue weighted by molar-refractivity contribution is 5.32. The van der Waals surface area contributed by atoms with Crippen molar-refractivity contribution in [2.24, 2.45) is 22.5 Å². The van der Waals surface area contributed by atoms with Crippen molar-refractivity contribution < 1.29 is 4.74 Å². The second kappa shape index (κ2) is 4.57. The van der Waals surface area contributed by atoms with Crippen LogP contribution in [0.1, 0.15) is 45.6 Å². The molecule has 2 N–H and O–H groups in total. The van der Waals surface area contributed by atoms with Crippen LogP contribution in [0.3, 0.4) is 0 Å². The Balaban J connectivity index is 2.09. The normalized spacial score (nSPS) is 38.3. The standard InChI is InChI=1S/C18H27NO/c1-16(2)15-9-10-17(16,3)18(13-15,20-12-11-19)14-7-5-4-6-8-14/h4-8,15H,9-13,19H2,1-3H3/t15-,17-,18+/m1/s1. The third-order valence-electron chi connectivity index (χ3n) is 6.57. The van der Waals surface area contributed by atoms with E-state index in [9.17, 15) is 0 Å². The first-order valence-electron chi connectivity index (χ1n) is 7.87. The van der Waals surface area contributed by atoms with Gasteiger partial charge in [-0.05, 0) is 36.2 Å². The van der Waals surface area contributed by atoms with E-state index in [0.29, 0.717) is 18.6 Å². The molecule has 3 atom stereocenters. The van der Waals surface area contributed by atoms with Crippen LogP contribution in [-0.4, -0.2) is 13.2 Å². The van der Waals surface area contributed by atoms with Crippen molar-refractivity contribution in [3.8, 4) is 0 Å². The van der Waals surface area contributed by atoms with E-state index in [0.717, 1.165) is 12.3 Å². The molecule has 0 radical (unpaired) electrons. The first-order valence-corrected chi connectivity index (χ1v) is 7.87. The van der Waals surface area contributed by atoms with Crippen LogP contribution >= 0.6 is 0 Å². The Morgan fingerprint density at radius 1 is 1.20 bits per heavy atom. The van der Waals surface area contributed by atoms with E-state index in [4.69, 9.17) is 10.5 Å². The van der Waals surface area contributed by atoms with Gasteiger partial charge in [-0.2, -0.15) is 0 Å². The maximum atomic E-state index is 6.47. The van der Waals surface area contributed by atoms with Gasteiger partial charge in [0.1, 0.15) is 0 Å². The Bertz CT molecular complexity index is 483. The fraction of sp³-hybridized carbons (Fsp3) is 0.667. The Labute approximate surface area is 122 Å². The zero-order valence-electron chi connectivity index (χ0n) is 13.0. The molecular formula is C18H27NO. The van der Waals surface area contributed by atoms with Gasteiger partial charge >= 0.3 is 0 Å². The molecule has 2 nitrogen and oxygen atoms in total. The van der Waals surface area contributed by atoms with Gasteiger partial charge < -0.3 is 10.5 Å². The third-order valence-corrected chi connectivity index (χ3v) is 6.57. The molecule has 1 aromatic rings. The molecule has 2 saturated carbocycles. The van der Waals surface area contributed by atoms with Gasteiger partial charge in [-0.1, -0.05) is 51.1 Å². The molecule has 0 unspecified atom stereocenters. The summed E-state index contributed by atoms with van der Waals surface area (Å²) < 4.78 is 6.47. The van der Waals surface area contributed by atoms with Crippen LogP contribution in [0.25, 0.3) is 0 Å². The molecule has 2 aliphatic carbocycles. The highest BCUT2D eigenvalue weighted by atomic mass is 16.5. The topological polar surface area (TPSA) is 35.2 Å². The molecule has 1 aromatic carbocycles. The van der Waals surface area contributed by atoms with Crippen LogP contribution in [0.15, 0.2) is 30.3 Å². The first kappa shape index (κ1) is 14.1. The molecule has 2 fully saturated rings. The summed E-state index contributed by atoms with van der Waals surface area (Å²) in [5.41, 5.74) is 7.44. The molecule has 110 valence electrons. The summed E-state index contributed by atoms with van der Waals surface area (Å²) in [5.74, 6) is 0.755. The Morgan fingerprint density at radius 3 is 2.40 bits per heavy atom. The summed E-state index contributed by atoms with van der Waals surface area (Å²) in [7, 11) is 0. The van der Waals surface area contributed by atoms with E-state index >= 15 is 0 Å². The summed E-state index contributed by atoms with van der Waals surface area (Å²) in [6, 6.07) is 10.8. The lowest BCUT2D eigenvalue weighted by molar-refractivity contribution is -0.144. The number of rotatable bonds is 4. The molecule has 20 heavy (non-hydrogen) atoms. The zero-order valence-corrected chi connectivity index (χ0v) is 13.0. The van der Waals surface area contributed by atoms with Crippen LogP contribution in [0, 0.1) is 16.7 Å². The van der Waals surface area contributed by atoms with E-state index in [1.54, 1.807) is 0 Å². The van der Waals surface area contributed by atoms with Gasteiger partial charge in [0.15, 0.2) is 0 Å².